The van der Waals surface area contributed by atoms with Gasteiger partial charge in [-0.3, -0.25) is 0 Å². The summed E-state index contributed by atoms with van der Waals surface area (Å²) in [4.78, 5) is 0.588. The van der Waals surface area contributed by atoms with Crippen molar-refractivity contribution in [2.24, 2.45) is 5.41 Å². The van der Waals surface area contributed by atoms with E-state index in [1.807, 2.05) is 0 Å². The number of benzene rings is 1. The molecule has 0 radical (unpaired) electrons. The summed E-state index contributed by atoms with van der Waals surface area (Å²) in [5.41, 5.74) is 3.24. The van der Waals surface area contributed by atoms with Gasteiger partial charge >= 0.3 is 0 Å². The Morgan fingerprint density at radius 1 is 1.20 bits per heavy atom. The molecule has 1 heteroatoms. The number of hydrogen-bond acceptors (Lipinski definition) is 0. The van der Waals surface area contributed by atoms with Gasteiger partial charge in [-0.25, -0.2) is 0 Å². The van der Waals surface area contributed by atoms with Crippen molar-refractivity contribution in [2.45, 2.75) is 45.4 Å². The first-order valence-corrected chi connectivity index (χ1v) is 6.51. The molecule has 0 amide bonds. The van der Waals surface area contributed by atoms with Gasteiger partial charge in [-0.1, -0.05) is 61.0 Å². The Morgan fingerprint density at radius 2 is 1.80 bits per heavy atom. The molecular weight excluding hydrogens is 248 g/mol. The van der Waals surface area contributed by atoms with Crippen LogP contribution in [0.4, 0.5) is 0 Å². The predicted octanol–water partition coefficient (Wildman–Crippen LogP) is 4.74. The molecule has 15 heavy (non-hydrogen) atoms. The molecule has 84 valence electrons. The second-order valence-corrected chi connectivity index (χ2v) is 6.40. The Balaban J connectivity index is 2.55. The Labute approximate surface area is 102 Å². The first kappa shape index (κ1) is 12.8. The maximum Gasteiger partial charge on any atom is 0.0197 e. The summed E-state index contributed by atoms with van der Waals surface area (Å²) in [7, 11) is 0. The molecule has 1 atom stereocenters. The zero-order chi connectivity index (χ0) is 11.5. The normalized spacial score (nSPS) is 13.9. The van der Waals surface area contributed by atoms with Crippen LogP contribution in [-0.2, 0) is 6.42 Å². The Kier molecular flexibility index (Phi) is 4.39. The fraction of sp³-hybridized carbons (Fsp3) is 0.571. The Bertz CT molecular complexity index is 309. The molecule has 1 unspecified atom stereocenters. The minimum Gasteiger partial charge on any atom is -0.0885 e. The second-order valence-electron chi connectivity index (χ2n) is 5.30. The van der Waals surface area contributed by atoms with E-state index in [1.165, 1.54) is 24.0 Å². The summed E-state index contributed by atoms with van der Waals surface area (Å²) in [5, 5.41) is 0. The van der Waals surface area contributed by atoms with Crippen LogP contribution in [0.2, 0.25) is 0 Å². The van der Waals surface area contributed by atoms with Crippen molar-refractivity contribution in [1.82, 2.24) is 0 Å². The molecule has 1 aromatic rings. The van der Waals surface area contributed by atoms with Crippen LogP contribution >= 0.6 is 15.9 Å². The van der Waals surface area contributed by atoms with Gasteiger partial charge in [-0.05, 0) is 36.3 Å². The van der Waals surface area contributed by atoms with Crippen LogP contribution in [0.25, 0.3) is 0 Å². The summed E-state index contributed by atoms with van der Waals surface area (Å²) in [6.45, 7) is 9.04. The molecule has 0 N–H and O–H groups in total. The van der Waals surface area contributed by atoms with E-state index in [9.17, 15) is 0 Å². The number of alkyl halides is 1. The number of rotatable bonds is 3. The highest BCUT2D eigenvalue weighted by molar-refractivity contribution is 9.09. The third kappa shape index (κ3) is 3.98. The van der Waals surface area contributed by atoms with E-state index >= 15 is 0 Å². The minimum absolute atomic E-state index is 0.350. The van der Waals surface area contributed by atoms with Gasteiger partial charge in [-0.2, -0.15) is 0 Å². The Morgan fingerprint density at radius 3 is 2.33 bits per heavy atom. The van der Waals surface area contributed by atoms with Gasteiger partial charge in [0, 0.05) is 4.83 Å². The van der Waals surface area contributed by atoms with Crippen molar-refractivity contribution in [3.05, 3.63) is 35.4 Å². The highest BCUT2D eigenvalue weighted by atomic mass is 79.9. The largest absolute Gasteiger partial charge is 0.0885 e. The average molecular weight is 269 g/mol. The van der Waals surface area contributed by atoms with E-state index in [0.717, 1.165) is 0 Å². The molecule has 0 aliphatic heterocycles. The van der Waals surface area contributed by atoms with Crippen LogP contribution in [0.3, 0.4) is 0 Å². The van der Waals surface area contributed by atoms with Crippen molar-refractivity contribution in [3.63, 3.8) is 0 Å². The molecule has 0 bridgehead atoms. The smallest absolute Gasteiger partial charge is 0.0197 e. The van der Waals surface area contributed by atoms with E-state index in [0.29, 0.717) is 10.2 Å². The van der Waals surface area contributed by atoms with Crippen LogP contribution in [0, 0.1) is 12.3 Å². The quantitative estimate of drug-likeness (QED) is 0.695. The van der Waals surface area contributed by atoms with E-state index in [-0.39, 0.29) is 0 Å². The van der Waals surface area contributed by atoms with Crippen molar-refractivity contribution in [2.75, 3.05) is 0 Å². The molecule has 0 saturated carbocycles. The number of halogens is 1. The molecule has 0 aliphatic rings. The lowest BCUT2D eigenvalue weighted by molar-refractivity contribution is 0.385. The molecule has 0 heterocycles. The van der Waals surface area contributed by atoms with Crippen molar-refractivity contribution in [1.29, 1.82) is 0 Å². The number of aryl methyl sites for hydroxylation is 2. The van der Waals surface area contributed by atoms with Gasteiger partial charge < -0.3 is 0 Å². The molecule has 0 spiro atoms. The van der Waals surface area contributed by atoms with Crippen LogP contribution in [-0.4, -0.2) is 4.83 Å². The van der Waals surface area contributed by atoms with Gasteiger partial charge in [0.2, 0.25) is 0 Å². The summed E-state index contributed by atoms with van der Waals surface area (Å²) >= 11 is 3.78. The second kappa shape index (κ2) is 5.16. The third-order valence-corrected chi connectivity index (χ3v) is 4.70. The van der Waals surface area contributed by atoms with Gasteiger partial charge in [0.05, 0.1) is 0 Å². The van der Waals surface area contributed by atoms with Gasteiger partial charge in [-0.15, -0.1) is 0 Å². The first-order valence-electron chi connectivity index (χ1n) is 5.60. The van der Waals surface area contributed by atoms with Gasteiger partial charge in [0.25, 0.3) is 0 Å². The summed E-state index contributed by atoms with van der Waals surface area (Å²) in [5.74, 6) is 0. The summed E-state index contributed by atoms with van der Waals surface area (Å²) < 4.78 is 0. The third-order valence-electron chi connectivity index (χ3n) is 2.87. The van der Waals surface area contributed by atoms with E-state index in [1.54, 1.807) is 0 Å². The molecule has 1 aromatic carbocycles. The van der Waals surface area contributed by atoms with Crippen molar-refractivity contribution >= 4 is 15.9 Å². The lowest BCUT2D eigenvalue weighted by Crippen LogP contribution is -2.20. The van der Waals surface area contributed by atoms with Crippen LogP contribution in [0.5, 0.6) is 0 Å². The zero-order valence-corrected chi connectivity index (χ0v) is 11.8. The van der Waals surface area contributed by atoms with Crippen LogP contribution < -0.4 is 0 Å². The standard InChI is InChI=1S/C14H21Br/c1-11-7-5-6-8-12(11)9-10-13(15)14(2,3)4/h5-8,13H,9-10H2,1-4H3. The van der Waals surface area contributed by atoms with Crippen LogP contribution in [0.15, 0.2) is 24.3 Å². The van der Waals surface area contributed by atoms with E-state index in [4.69, 9.17) is 0 Å². The SMILES string of the molecule is Cc1ccccc1CCC(Br)C(C)(C)C. The highest BCUT2D eigenvalue weighted by Crippen LogP contribution is 2.29. The fourth-order valence-corrected chi connectivity index (χ4v) is 1.83. The highest BCUT2D eigenvalue weighted by Gasteiger charge is 2.21. The van der Waals surface area contributed by atoms with E-state index < -0.39 is 0 Å². The molecule has 0 saturated heterocycles. The average Bonchev–Trinajstić information content (AvgIpc) is 2.14. The minimum atomic E-state index is 0.350. The molecule has 1 rings (SSSR count). The topological polar surface area (TPSA) is 0 Å². The van der Waals surface area contributed by atoms with Gasteiger partial charge in [0.1, 0.15) is 0 Å². The zero-order valence-electron chi connectivity index (χ0n) is 10.2. The first-order chi connectivity index (χ1) is 6.91. The maximum absolute atomic E-state index is 3.78. The van der Waals surface area contributed by atoms with Crippen molar-refractivity contribution < 1.29 is 0 Å². The predicted molar refractivity (Wildman–Crippen MR) is 71.7 cm³/mol. The molecular formula is C14H21Br. The van der Waals surface area contributed by atoms with E-state index in [2.05, 4.69) is 67.9 Å². The molecule has 0 aromatic heterocycles. The fourth-order valence-electron chi connectivity index (χ4n) is 1.61. The molecule has 0 aliphatic carbocycles. The Hall–Kier alpha value is -0.300. The summed E-state index contributed by atoms with van der Waals surface area (Å²) in [6, 6.07) is 8.66. The lowest BCUT2D eigenvalue weighted by Gasteiger charge is -2.25. The maximum atomic E-state index is 3.78. The van der Waals surface area contributed by atoms with Gasteiger partial charge in [0.15, 0.2) is 0 Å². The monoisotopic (exact) mass is 268 g/mol. The summed E-state index contributed by atoms with van der Waals surface area (Å²) in [6.07, 6.45) is 2.37. The van der Waals surface area contributed by atoms with Crippen LogP contribution in [0.1, 0.15) is 38.3 Å². The van der Waals surface area contributed by atoms with Crippen molar-refractivity contribution in [3.8, 4) is 0 Å². The molecule has 0 nitrogen and oxygen atoms in total. The molecule has 0 fully saturated rings. The lowest BCUT2D eigenvalue weighted by atomic mass is 9.88. The number of hydrogen-bond donors (Lipinski definition) is 0.